The van der Waals surface area contributed by atoms with Gasteiger partial charge < -0.3 is 10.1 Å². The number of ether oxygens (including phenoxy) is 1. The molecule has 0 unspecified atom stereocenters. The van der Waals surface area contributed by atoms with Gasteiger partial charge in [0.1, 0.15) is 12.1 Å². The van der Waals surface area contributed by atoms with E-state index in [0.29, 0.717) is 6.54 Å². The Bertz CT molecular complexity index is 223. The number of alkyl carbamates (subject to hydrolysis) is 1. The first-order valence-corrected chi connectivity index (χ1v) is 4.83. The molecule has 0 fully saturated rings. The van der Waals surface area contributed by atoms with E-state index in [1.807, 2.05) is 6.92 Å². The van der Waals surface area contributed by atoms with Crippen molar-refractivity contribution in [3.8, 4) is 0 Å². The van der Waals surface area contributed by atoms with Crippen LogP contribution in [-0.4, -0.2) is 30.7 Å². The predicted molar refractivity (Wildman–Crippen MR) is 56.1 cm³/mol. The normalized spacial score (nSPS) is 10.7. The van der Waals surface area contributed by atoms with E-state index in [0.717, 1.165) is 0 Å². The summed E-state index contributed by atoms with van der Waals surface area (Å²) in [5.41, 5.74) is 4.47. The summed E-state index contributed by atoms with van der Waals surface area (Å²) in [6.45, 7) is 7.63. The number of nitrogens with one attached hydrogen (secondary N) is 3. The van der Waals surface area contributed by atoms with Gasteiger partial charge in [-0.15, -0.1) is 0 Å². The van der Waals surface area contributed by atoms with Gasteiger partial charge in [-0.2, -0.15) is 0 Å². The highest BCUT2D eigenvalue weighted by Gasteiger charge is 2.16. The Morgan fingerprint density at radius 3 is 2.33 bits per heavy atom. The third-order valence-electron chi connectivity index (χ3n) is 1.20. The van der Waals surface area contributed by atoms with Crippen LogP contribution in [0.4, 0.5) is 4.79 Å². The summed E-state index contributed by atoms with van der Waals surface area (Å²) in [6.07, 6.45) is -0.603. The average Bonchev–Trinajstić information content (AvgIpc) is 2.08. The number of hydrogen-bond donors (Lipinski definition) is 3. The number of hydrogen-bond acceptors (Lipinski definition) is 4. The zero-order chi connectivity index (χ0) is 11.9. The summed E-state index contributed by atoms with van der Waals surface area (Å²) in [5.74, 6) is -0.317. The molecule has 0 heterocycles. The minimum absolute atomic E-state index is 0.109. The van der Waals surface area contributed by atoms with Crippen molar-refractivity contribution in [2.45, 2.75) is 33.3 Å². The summed E-state index contributed by atoms with van der Waals surface area (Å²) in [7, 11) is 0. The Balaban J connectivity index is 3.67. The summed E-state index contributed by atoms with van der Waals surface area (Å²) >= 11 is 0. The molecule has 0 radical (unpaired) electrons. The van der Waals surface area contributed by atoms with Crippen LogP contribution in [0.2, 0.25) is 0 Å². The molecule has 6 nitrogen and oxygen atoms in total. The lowest BCUT2D eigenvalue weighted by atomic mass is 10.2. The number of carbonyl (C=O) groups excluding carboxylic acids is 2. The molecule has 2 amide bonds. The first-order valence-electron chi connectivity index (χ1n) is 4.83. The number of hydrazine groups is 1. The van der Waals surface area contributed by atoms with Crippen LogP contribution in [0.25, 0.3) is 0 Å². The van der Waals surface area contributed by atoms with Crippen LogP contribution < -0.4 is 16.2 Å². The maximum atomic E-state index is 11.1. The summed E-state index contributed by atoms with van der Waals surface area (Å²) in [6, 6.07) is 0. The third-order valence-corrected chi connectivity index (χ3v) is 1.20. The van der Waals surface area contributed by atoms with Gasteiger partial charge in [-0.25, -0.2) is 10.2 Å². The Morgan fingerprint density at radius 2 is 1.87 bits per heavy atom. The maximum absolute atomic E-state index is 11.1. The van der Waals surface area contributed by atoms with Crippen LogP contribution in [0, 0.1) is 0 Å². The topological polar surface area (TPSA) is 79.5 Å². The standard InChI is InChI=1S/C9H19N3O3/c1-5-11-12-7(13)6-10-8(14)15-9(2,3)4/h11H,5-6H2,1-4H3,(H,10,14)(H,12,13). The van der Waals surface area contributed by atoms with E-state index in [9.17, 15) is 9.59 Å². The molecular formula is C9H19N3O3. The van der Waals surface area contributed by atoms with Gasteiger partial charge in [-0.05, 0) is 20.8 Å². The van der Waals surface area contributed by atoms with Crippen molar-refractivity contribution in [3.63, 3.8) is 0 Å². The SMILES string of the molecule is CCNNC(=O)CNC(=O)OC(C)(C)C. The maximum Gasteiger partial charge on any atom is 0.408 e. The third kappa shape index (κ3) is 9.01. The number of carbonyl (C=O) groups is 2. The van der Waals surface area contributed by atoms with E-state index in [-0.39, 0.29) is 12.5 Å². The van der Waals surface area contributed by atoms with Crippen LogP contribution in [-0.2, 0) is 9.53 Å². The van der Waals surface area contributed by atoms with Crippen molar-refractivity contribution in [2.24, 2.45) is 0 Å². The molecule has 0 bridgehead atoms. The van der Waals surface area contributed by atoms with Crippen molar-refractivity contribution in [1.82, 2.24) is 16.2 Å². The lowest BCUT2D eigenvalue weighted by molar-refractivity contribution is -0.121. The van der Waals surface area contributed by atoms with E-state index in [2.05, 4.69) is 16.2 Å². The minimum atomic E-state index is -0.603. The Hall–Kier alpha value is -1.30. The van der Waals surface area contributed by atoms with Crippen molar-refractivity contribution >= 4 is 12.0 Å². The smallest absolute Gasteiger partial charge is 0.408 e. The predicted octanol–water partition coefficient (Wildman–Crippen LogP) is 0.152. The van der Waals surface area contributed by atoms with Crippen molar-refractivity contribution < 1.29 is 14.3 Å². The fourth-order valence-electron chi connectivity index (χ4n) is 0.698. The Morgan fingerprint density at radius 1 is 1.27 bits per heavy atom. The molecule has 0 saturated carbocycles. The van der Waals surface area contributed by atoms with Gasteiger partial charge in [0.05, 0.1) is 0 Å². The Kier molecular flexibility index (Phi) is 5.69. The molecule has 88 valence electrons. The molecule has 0 aliphatic heterocycles. The van der Waals surface area contributed by atoms with E-state index in [1.54, 1.807) is 20.8 Å². The highest BCUT2D eigenvalue weighted by atomic mass is 16.6. The Labute approximate surface area is 89.7 Å². The van der Waals surface area contributed by atoms with Crippen LogP contribution in [0.1, 0.15) is 27.7 Å². The first kappa shape index (κ1) is 13.7. The van der Waals surface area contributed by atoms with Crippen LogP contribution in [0.5, 0.6) is 0 Å². The molecule has 0 aromatic heterocycles. The molecule has 0 atom stereocenters. The molecule has 0 aliphatic rings. The van der Waals surface area contributed by atoms with E-state index in [4.69, 9.17) is 4.74 Å². The molecule has 0 rings (SSSR count). The van der Waals surface area contributed by atoms with Gasteiger partial charge in [0, 0.05) is 6.54 Å². The zero-order valence-corrected chi connectivity index (χ0v) is 9.64. The summed E-state index contributed by atoms with van der Waals surface area (Å²) in [5, 5.41) is 2.33. The largest absolute Gasteiger partial charge is 0.444 e. The molecule has 0 aromatic carbocycles. The van der Waals surface area contributed by atoms with Gasteiger partial charge in [0.2, 0.25) is 0 Å². The molecule has 0 saturated heterocycles. The lowest BCUT2D eigenvalue weighted by Gasteiger charge is -2.19. The second kappa shape index (κ2) is 6.23. The van der Waals surface area contributed by atoms with Crippen LogP contribution >= 0.6 is 0 Å². The zero-order valence-electron chi connectivity index (χ0n) is 9.64. The number of amides is 2. The fraction of sp³-hybridized carbons (Fsp3) is 0.778. The second-order valence-electron chi connectivity index (χ2n) is 3.93. The molecule has 6 heteroatoms. The molecule has 0 spiro atoms. The first-order chi connectivity index (χ1) is 6.85. The summed E-state index contributed by atoms with van der Waals surface area (Å²) in [4.78, 5) is 22.1. The van der Waals surface area contributed by atoms with Crippen LogP contribution in [0.3, 0.4) is 0 Å². The molecule has 0 aliphatic carbocycles. The van der Waals surface area contributed by atoms with E-state index >= 15 is 0 Å². The number of rotatable bonds is 4. The van der Waals surface area contributed by atoms with Gasteiger partial charge >= 0.3 is 6.09 Å². The molecule has 3 N–H and O–H groups in total. The van der Waals surface area contributed by atoms with Gasteiger partial charge in [0.25, 0.3) is 5.91 Å². The molecular weight excluding hydrogens is 198 g/mol. The average molecular weight is 217 g/mol. The van der Waals surface area contributed by atoms with Gasteiger partial charge in [-0.1, -0.05) is 6.92 Å². The fourth-order valence-corrected chi connectivity index (χ4v) is 0.698. The highest BCUT2D eigenvalue weighted by Crippen LogP contribution is 2.05. The van der Waals surface area contributed by atoms with Crippen molar-refractivity contribution in [3.05, 3.63) is 0 Å². The van der Waals surface area contributed by atoms with E-state index in [1.165, 1.54) is 0 Å². The summed E-state index contributed by atoms with van der Waals surface area (Å²) < 4.78 is 4.94. The van der Waals surface area contributed by atoms with Gasteiger partial charge in [0.15, 0.2) is 0 Å². The monoisotopic (exact) mass is 217 g/mol. The van der Waals surface area contributed by atoms with Crippen LogP contribution in [0.15, 0.2) is 0 Å². The molecule has 0 aromatic rings. The lowest BCUT2D eigenvalue weighted by Crippen LogP contribution is -2.44. The minimum Gasteiger partial charge on any atom is -0.444 e. The second-order valence-corrected chi connectivity index (χ2v) is 3.93. The quantitative estimate of drug-likeness (QED) is 0.586. The molecule has 15 heavy (non-hydrogen) atoms. The van der Waals surface area contributed by atoms with Gasteiger partial charge in [-0.3, -0.25) is 10.2 Å². The van der Waals surface area contributed by atoms with Crippen molar-refractivity contribution in [1.29, 1.82) is 0 Å². The van der Waals surface area contributed by atoms with Crippen molar-refractivity contribution in [2.75, 3.05) is 13.1 Å². The highest BCUT2D eigenvalue weighted by molar-refractivity contribution is 5.81. The van der Waals surface area contributed by atoms with E-state index < -0.39 is 11.7 Å².